The number of rotatable bonds is 21. The minimum atomic E-state index is -2.80. The van der Waals surface area contributed by atoms with Gasteiger partial charge in [-0.2, -0.15) is 0 Å². The maximum atomic E-state index is 12.8. The van der Waals surface area contributed by atoms with E-state index >= 15 is 0 Å². The largest absolute Gasteiger partial charge is 0.306 e. The van der Waals surface area contributed by atoms with Crippen LogP contribution in [-0.4, -0.2) is 17.1 Å². The molecule has 0 saturated carbocycles. The lowest BCUT2D eigenvalue weighted by Gasteiger charge is -2.21. The highest BCUT2D eigenvalue weighted by molar-refractivity contribution is 7.89. The van der Waals surface area contributed by atoms with Crippen molar-refractivity contribution in [2.75, 3.05) is 6.16 Å². The predicted molar refractivity (Wildman–Crippen MR) is 127 cm³/mol. The predicted octanol–water partition coefficient (Wildman–Crippen LogP) is 9.70. The minimum absolute atomic E-state index is 0.154. The van der Waals surface area contributed by atoms with Crippen LogP contribution in [0.4, 0.5) is 0 Å². The molecule has 2 unspecified atom stereocenters. The molecule has 0 bridgehead atoms. The molecule has 0 aromatic carbocycles. The average Bonchev–Trinajstić information content (AvgIpc) is 2.65. The highest BCUT2D eigenvalue weighted by atomic mass is 35.7. The zero-order chi connectivity index (χ0) is 21.1. The van der Waals surface area contributed by atoms with E-state index in [1.54, 1.807) is 0 Å². The zero-order valence-electron chi connectivity index (χ0n) is 18.5. The van der Waals surface area contributed by atoms with Gasteiger partial charge in [0.2, 0.25) is 5.24 Å². The summed E-state index contributed by atoms with van der Waals surface area (Å²) in [5.74, 6) is 0. The standard InChI is InChI=1S/C23H45Cl2O2P/c1-3-5-7-8-9-10-11-12-13-14-15-16-17-18-20-28(25,27)22(19-6-4-2)21-23(24)26/h22H,3-21H2,1-2H3. The lowest BCUT2D eigenvalue weighted by Crippen LogP contribution is -2.11. The van der Waals surface area contributed by atoms with Crippen molar-refractivity contribution in [3.8, 4) is 0 Å². The van der Waals surface area contributed by atoms with Crippen LogP contribution in [0, 0.1) is 0 Å². The van der Waals surface area contributed by atoms with Crippen LogP contribution in [0.3, 0.4) is 0 Å². The maximum absolute atomic E-state index is 12.8. The summed E-state index contributed by atoms with van der Waals surface area (Å²) in [6, 6.07) is 0. The van der Waals surface area contributed by atoms with E-state index in [9.17, 15) is 9.36 Å². The second kappa shape index (κ2) is 19.4. The van der Waals surface area contributed by atoms with Crippen LogP contribution in [0.5, 0.6) is 0 Å². The van der Waals surface area contributed by atoms with E-state index in [-0.39, 0.29) is 12.1 Å². The molecule has 0 fully saturated rings. The van der Waals surface area contributed by atoms with Gasteiger partial charge in [0.15, 0.2) is 6.49 Å². The van der Waals surface area contributed by atoms with E-state index in [0.29, 0.717) is 6.16 Å². The third-order valence-electron chi connectivity index (χ3n) is 5.65. The monoisotopic (exact) mass is 454 g/mol. The quantitative estimate of drug-likeness (QED) is 0.0980. The third kappa shape index (κ3) is 17.3. The first-order valence-corrected chi connectivity index (χ1v) is 15.1. The Hall–Kier alpha value is 0.480. The maximum Gasteiger partial charge on any atom is 0.222 e. The van der Waals surface area contributed by atoms with Gasteiger partial charge in [0.25, 0.3) is 0 Å². The van der Waals surface area contributed by atoms with Gasteiger partial charge in [-0.15, -0.1) is 0 Å². The topological polar surface area (TPSA) is 34.1 Å². The number of halogens is 2. The summed E-state index contributed by atoms with van der Waals surface area (Å²) in [4.78, 5) is 11.3. The van der Waals surface area contributed by atoms with E-state index in [1.807, 2.05) is 0 Å². The van der Waals surface area contributed by atoms with Crippen LogP contribution in [0.15, 0.2) is 0 Å². The van der Waals surface area contributed by atoms with Gasteiger partial charge in [0.05, 0.1) is 0 Å². The molecule has 0 aromatic rings. The van der Waals surface area contributed by atoms with Gasteiger partial charge >= 0.3 is 0 Å². The molecule has 0 N–H and O–H groups in total. The normalized spacial score (nSPS) is 14.7. The Morgan fingerprint density at radius 2 is 1.11 bits per heavy atom. The number of carbonyl (C=O) groups excluding carboxylic acids is 1. The fraction of sp³-hybridized carbons (Fsp3) is 0.957. The summed E-state index contributed by atoms with van der Waals surface area (Å²) in [6.07, 6.45) is 21.6. The summed E-state index contributed by atoms with van der Waals surface area (Å²) in [5.41, 5.74) is -0.235. The Balaban J connectivity index is 3.66. The first-order chi connectivity index (χ1) is 13.4. The average molecular weight is 455 g/mol. The Morgan fingerprint density at radius 1 is 0.714 bits per heavy atom. The molecule has 0 aromatic heterocycles. The number of hydrogen-bond acceptors (Lipinski definition) is 2. The van der Waals surface area contributed by atoms with Gasteiger partial charge in [-0.25, -0.2) is 0 Å². The molecule has 0 saturated heterocycles. The fourth-order valence-electron chi connectivity index (χ4n) is 3.76. The molecule has 0 heterocycles. The van der Waals surface area contributed by atoms with E-state index in [1.165, 1.54) is 77.0 Å². The Kier molecular flexibility index (Phi) is 19.8. The SMILES string of the molecule is CCCCCCCCCCCCCCCCP(=O)(Cl)C(CCCC)CC(=O)Cl. The first-order valence-electron chi connectivity index (χ1n) is 11.9. The second-order valence-corrected chi connectivity index (χ2v) is 13.1. The van der Waals surface area contributed by atoms with Gasteiger partial charge in [-0.05, 0) is 24.4 Å². The van der Waals surface area contributed by atoms with Crippen LogP contribution >= 0.6 is 29.3 Å². The molecule has 0 aliphatic rings. The van der Waals surface area contributed by atoms with Crippen molar-refractivity contribution in [1.82, 2.24) is 0 Å². The van der Waals surface area contributed by atoms with Crippen LogP contribution < -0.4 is 0 Å². The molecule has 28 heavy (non-hydrogen) atoms. The highest BCUT2D eigenvalue weighted by Crippen LogP contribution is 2.59. The molecule has 0 aliphatic carbocycles. The fourth-order valence-corrected chi connectivity index (χ4v) is 6.94. The molecule has 2 atom stereocenters. The van der Waals surface area contributed by atoms with Crippen molar-refractivity contribution in [2.45, 2.75) is 135 Å². The Labute approximate surface area is 185 Å². The summed E-state index contributed by atoms with van der Waals surface area (Å²) in [5, 5.41) is -0.414. The summed E-state index contributed by atoms with van der Waals surface area (Å²) in [7, 11) is 0. The van der Waals surface area contributed by atoms with Gasteiger partial charge < -0.3 is 4.57 Å². The summed E-state index contributed by atoms with van der Waals surface area (Å²) in [6.45, 7) is 1.55. The van der Waals surface area contributed by atoms with Gasteiger partial charge in [0.1, 0.15) is 0 Å². The van der Waals surface area contributed by atoms with Crippen molar-refractivity contribution < 1.29 is 9.36 Å². The molecule has 168 valence electrons. The summed E-state index contributed by atoms with van der Waals surface area (Å²) < 4.78 is 12.8. The molecule has 0 radical (unpaired) electrons. The van der Waals surface area contributed by atoms with E-state index in [4.69, 9.17) is 22.8 Å². The van der Waals surface area contributed by atoms with Crippen molar-refractivity contribution in [2.24, 2.45) is 0 Å². The zero-order valence-corrected chi connectivity index (χ0v) is 20.9. The lowest BCUT2D eigenvalue weighted by molar-refractivity contribution is -0.111. The molecule has 0 rings (SSSR count). The first kappa shape index (κ1) is 28.5. The molecule has 0 spiro atoms. The van der Waals surface area contributed by atoms with E-state index < -0.39 is 11.7 Å². The summed E-state index contributed by atoms with van der Waals surface area (Å²) >= 11 is 11.9. The Bertz CT molecular complexity index is 415. The van der Waals surface area contributed by atoms with Gasteiger partial charge in [-0.3, -0.25) is 4.79 Å². The molecule has 0 amide bonds. The highest BCUT2D eigenvalue weighted by Gasteiger charge is 2.31. The molecule has 0 aliphatic heterocycles. The minimum Gasteiger partial charge on any atom is -0.306 e. The lowest BCUT2D eigenvalue weighted by atomic mass is 10.0. The van der Waals surface area contributed by atoms with Gasteiger partial charge in [-0.1, -0.05) is 121 Å². The van der Waals surface area contributed by atoms with Crippen LogP contribution in [-0.2, 0) is 9.36 Å². The molecule has 5 heteroatoms. The molecule has 2 nitrogen and oxygen atoms in total. The Morgan fingerprint density at radius 3 is 1.50 bits per heavy atom. The van der Waals surface area contributed by atoms with E-state index in [0.717, 1.165) is 32.1 Å². The van der Waals surface area contributed by atoms with Crippen LogP contribution in [0.25, 0.3) is 0 Å². The molecular formula is C23H45Cl2O2P. The van der Waals surface area contributed by atoms with Crippen LogP contribution in [0.2, 0.25) is 0 Å². The number of unbranched alkanes of at least 4 members (excludes halogenated alkanes) is 14. The van der Waals surface area contributed by atoms with Crippen LogP contribution in [0.1, 0.15) is 129 Å². The van der Waals surface area contributed by atoms with Crippen molar-refractivity contribution in [1.29, 1.82) is 0 Å². The van der Waals surface area contributed by atoms with Crippen molar-refractivity contribution in [3.63, 3.8) is 0 Å². The smallest absolute Gasteiger partial charge is 0.222 e. The van der Waals surface area contributed by atoms with Crippen molar-refractivity contribution in [3.05, 3.63) is 0 Å². The number of carbonyl (C=O) groups is 1. The van der Waals surface area contributed by atoms with E-state index in [2.05, 4.69) is 13.8 Å². The second-order valence-electron chi connectivity index (χ2n) is 8.38. The van der Waals surface area contributed by atoms with Crippen molar-refractivity contribution >= 4 is 34.6 Å². The third-order valence-corrected chi connectivity index (χ3v) is 9.60. The number of hydrogen-bond donors (Lipinski definition) is 0. The molecular weight excluding hydrogens is 410 g/mol. The van der Waals surface area contributed by atoms with Gasteiger partial charge in [0, 0.05) is 18.2 Å².